The van der Waals surface area contributed by atoms with Crippen molar-refractivity contribution in [2.45, 2.75) is 52.6 Å². The van der Waals surface area contributed by atoms with Crippen LogP contribution in [0.15, 0.2) is 24.3 Å². The van der Waals surface area contributed by atoms with Crippen LogP contribution in [0, 0.1) is 5.41 Å². The number of aliphatic hydroxyl groups excluding tert-OH is 1. The molecule has 1 saturated heterocycles. The lowest BCUT2D eigenvalue weighted by Crippen LogP contribution is -3.27. The second kappa shape index (κ2) is 8.73. The maximum atomic E-state index is 10.3. The predicted octanol–water partition coefficient (Wildman–Crippen LogP) is 0.553. The fourth-order valence-electron chi connectivity index (χ4n) is 4.25. The molecule has 1 aliphatic rings. The zero-order chi connectivity index (χ0) is 19.4. The van der Waals surface area contributed by atoms with Gasteiger partial charge in [-0.25, -0.2) is 0 Å². The summed E-state index contributed by atoms with van der Waals surface area (Å²) < 4.78 is 5.83. The van der Waals surface area contributed by atoms with Gasteiger partial charge in [-0.15, -0.1) is 0 Å². The molecule has 1 aliphatic heterocycles. The standard InChI is InChI=1S/C22H38N2O2/c1-21(2,3)17-22(4,5)18-7-9-20(10-8-18)26-16-19(25)15-24-13-11-23(6)12-14-24/h7-10,19,25H,11-17H2,1-6H3/p+2/t19-/m0/s1. The van der Waals surface area contributed by atoms with Crippen LogP contribution in [-0.2, 0) is 5.41 Å². The summed E-state index contributed by atoms with van der Waals surface area (Å²) in [5.41, 5.74) is 1.78. The Hall–Kier alpha value is -1.10. The van der Waals surface area contributed by atoms with Crippen molar-refractivity contribution < 1.29 is 19.6 Å². The number of nitrogens with one attached hydrogen (secondary N) is 2. The zero-order valence-electron chi connectivity index (χ0n) is 17.7. The Morgan fingerprint density at radius 3 is 2.12 bits per heavy atom. The van der Waals surface area contributed by atoms with E-state index in [1.54, 1.807) is 4.90 Å². The molecular weight excluding hydrogens is 324 g/mol. The minimum atomic E-state index is -0.402. The Bertz CT molecular complexity index is 540. The van der Waals surface area contributed by atoms with Gasteiger partial charge in [0.1, 0.15) is 51.2 Å². The van der Waals surface area contributed by atoms with Crippen molar-refractivity contribution in [3.05, 3.63) is 29.8 Å². The van der Waals surface area contributed by atoms with Gasteiger partial charge in [-0.2, -0.15) is 0 Å². The summed E-state index contributed by atoms with van der Waals surface area (Å²) in [6, 6.07) is 8.42. The van der Waals surface area contributed by atoms with Crippen molar-refractivity contribution in [3.8, 4) is 5.75 Å². The maximum absolute atomic E-state index is 10.3. The molecule has 0 unspecified atom stereocenters. The van der Waals surface area contributed by atoms with Gasteiger partial charge in [-0.1, -0.05) is 46.8 Å². The van der Waals surface area contributed by atoms with Crippen molar-refractivity contribution in [2.24, 2.45) is 5.41 Å². The van der Waals surface area contributed by atoms with Crippen LogP contribution in [0.2, 0.25) is 0 Å². The molecule has 0 bridgehead atoms. The summed E-state index contributed by atoms with van der Waals surface area (Å²) in [4.78, 5) is 3.08. The summed E-state index contributed by atoms with van der Waals surface area (Å²) in [5, 5.41) is 10.3. The number of hydrogen-bond donors (Lipinski definition) is 3. The minimum Gasteiger partial charge on any atom is -0.491 e. The van der Waals surface area contributed by atoms with Crippen molar-refractivity contribution in [1.29, 1.82) is 0 Å². The molecular formula is C22H40N2O2+2. The molecule has 1 fully saturated rings. The normalized spacial score (nSPS) is 22.9. The Kier molecular flexibility index (Phi) is 7.12. The van der Waals surface area contributed by atoms with Crippen LogP contribution in [0.4, 0.5) is 0 Å². The van der Waals surface area contributed by atoms with Gasteiger partial charge < -0.3 is 19.6 Å². The van der Waals surface area contributed by atoms with Gasteiger partial charge in [0.15, 0.2) is 0 Å². The lowest BCUT2D eigenvalue weighted by Gasteiger charge is -2.33. The topological polar surface area (TPSA) is 38.3 Å². The van der Waals surface area contributed by atoms with E-state index in [2.05, 4.69) is 53.8 Å². The highest BCUT2D eigenvalue weighted by molar-refractivity contribution is 5.31. The highest BCUT2D eigenvalue weighted by atomic mass is 16.5. The van der Waals surface area contributed by atoms with Gasteiger partial charge in [0, 0.05) is 0 Å². The molecule has 148 valence electrons. The van der Waals surface area contributed by atoms with Crippen molar-refractivity contribution in [3.63, 3.8) is 0 Å². The lowest BCUT2D eigenvalue weighted by atomic mass is 9.72. The molecule has 1 heterocycles. The van der Waals surface area contributed by atoms with Crippen LogP contribution in [0.5, 0.6) is 5.75 Å². The first-order valence-electron chi connectivity index (χ1n) is 10.1. The monoisotopic (exact) mass is 364 g/mol. The first-order chi connectivity index (χ1) is 12.0. The molecule has 0 spiro atoms. The quantitative estimate of drug-likeness (QED) is 0.661. The Balaban J connectivity index is 1.81. The number of aliphatic hydroxyl groups is 1. The van der Waals surface area contributed by atoms with Gasteiger partial charge in [0.2, 0.25) is 0 Å². The van der Waals surface area contributed by atoms with Crippen molar-refractivity contribution >= 4 is 0 Å². The summed E-state index contributed by atoms with van der Waals surface area (Å²) in [7, 11) is 2.24. The molecule has 1 aromatic rings. The molecule has 4 nitrogen and oxygen atoms in total. The second-order valence-electron chi connectivity index (χ2n) is 10.0. The number of ether oxygens (including phenoxy) is 1. The maximum Gasteiger partial charge on any atom is 0.137 e. The fourth-order valence-corrected chi connectivity index (χ4v) is 4.25. The molecule has 3 N–H and O–H groups in total. The SMILES string of the molecule is C[NH+]1CC[NH+](C[C@H](O)COc2ccc(C(C)(C)CC(C)(C)C)cc2)CC1. The van der Waals surface area contributed by atoms with Crippen LogP contribution in [0.3, 0.4) is 0 Å². The minimum absolute atomic E-state index is 0.142. The van der Waals surface area contributed by atoms with Crippen LogP contribution >= 0.6 is 0 Å². The van der Waals surface area contributed by atoms with E-state index in [4.69, 9.17) is 4.74 Å². The molecule has 0 aromatic heterocycles. The van der Waals surface area contributed by atoms with E-state index in [1.807, 2.05) is 12.1 Å². The Morgan fingerprint density at radius 2 is 1.58 bits per heavy atom. The number of rotatable bonds is 7. The molecule has 0 radical (unpaired) electrons. The highest BCUT2D eigenvalue weighted by Crippen LogP contribution is 2.36. The van der Waals surface area contributed by atoms with Gasteiger partial charge in [0.05, 0.1) is 7.05 Å². The molecule has 2 rings (SSSR count). The predicted molar refractivity (Wildman–Crippen MR) is 107 cm³/mol. The van der Waals surface area contributed by atoms with E-state index in [9.17, 15) is 5.11 Å². The van der Waals surface area contributed by atoms with Crippen LogP contribution < -0.4 is 14.5 Å². The lowest BCUT2D eigenvalue weighted by molar-refractivity contribution is -1.00. The second-order valence-corrected chi connectivity index (χ2v) is 10.0. The van der Waals surface area contributed by atoms with Crippen molar-refractivity contribution in [2.75, 3.05) is 46.4 Å². The number of hydrogen-bond acceptors (Lipinski definition) is 2. The zero-order valence-corrected chi connectivity index (χ0v) is 17.7. The van der Waals surface area contributed by atoms with Crippen LogP contribution in [0.25, 0.3) is 0 Å². The molecule has 0 amide bonds. The fraction of sp³-hybridized carbons (Fsp3) is 0.727. The van der Waals surface area contributed by atoms with E-state index in [0.29, 0.717) is 12.0 Å². The molecule has 0 saturated carbocycles. The molecule has 1 aromatic carbocycles. The average Bonchev–Trinajstić information content (AvgIpc) is 2.53. The van der Waals surface area contributed by atoms with Crippen LogP contribution in [0.1, 0.15) is 46.6 Å². The molecule has 4 heteroatoms. The third-order valence-electron chi connectivity index (χ3n) is 5.39. The van der Waals surface area contributed by atoms with Gasteiger partial charge in [-0.05, 0) is 34.9 Å². The van der Waals surface area contributed by atoms with E-state index < -0.39 is 6.10 Å². The van der Waals surface area contributed by atoms with E-state index in [-0.39, 0.29) is 5.41 Å². The summed E-state index contributed by atoms with van der Waals surface area (Å²) in [5.74, 6) is 0.845. The Labute approximate surface area is 160 Å². The molecule has 26 heavy (non-hydrogen) atoms. The van der Waals surface area contributed by atoms with Crippen molar-refractivity contribution in [1.82, 2.24) is 0 Å². The Morgan fingerprint density at radius 1 is 1.00 bits per heavy atom. The molecule has 0 aliphatic carbocycles. The van der Waals surface area contributed by atoms with Gasteiger partial charge in [0.25, 0.3) is 0 Å². The van der Waals surface area contributed by atoms with Gasteiger partial charge in [-0.3, -0.25) is 0 Å². The number of likely N-dealkylation sites (N-methyl/N-ethyl adjacent to an activating group) is 1. The van der Waals surface area contributed by atoms with Gasteiger partial charge >= 0.3 is 0 Å². The highest BCUT2D eigenvalue weighted by Gasteiger charge is 2.27. The van der Waals surface area contributed by atoms with Crippen LogP contribution in [-0.4, -0.2) is 57.6 Å². The van der Waals surface area contributed by atoms with E-state index >= 15 is 0 Å². The average molecular weight is 365 g/mol. The first kappa shape index (κ1) is 21.2. The third-order valence-corrected chi connectivity index (χ3v) is 5.39. The van der Waals surface area contributed by atoms with E-state index in [0.717, 1.165) is 31.8 Å². The third kappa shape index (κ3) is 6.90. The molecule has 1 atom stereocenters. The summed E-state index contributed by atoms with van der Waals surface area (Å²) in [6.07, 6.45) is 0.731. The number of piperazine rings is 1. The largest absolute Gasteiger partial charge is 0.491 e. The summed E-state index contributed by atoms with van der Waals surface area (Å²) in [6.45, 7) is 17.3. The smallest absolute Gasteiger partial charge is 0.137 e. The van der Waals surface area contributed by atoms with E-state index in [1.165, 1.54) is 23.6 Å². The summed E-state index contributed by atoms with van der Waals surface area (Å²) >= 11 is 0. The number of quaternary nitrogens is 2. The first-order valence-corrected chi connectivity index (χ1v) is 10.1. The number of benzene rings is 1.